The van der Waals surface area contributed by atoms with Gasteiger partial charge in [0.1, 0.15) is 0 Å². The van der Waals surface area contributed by atoms with Crippen molar-refractivity contribution in [2.45, 2.75) is 6.42 Å². The topological polar surface area (TPSA) is 4.93 Å². The van der Waals surface area contributed by atoms with Crippen molar-refractivity contribution in [2.24, 2.45) is 0 Å². The first-order valence-corrected chi connectivity index (χ1v) is 7.38. The molecule has 2 aromatic carbocycles. The third kappa shape index (κ3) is 1.89. The summed E-state index contributed by atoms with van der Waals surface area (Å²) in [5, 5.41) is 1.27. The summed E-state index contributed by atoms with van der Waals surface area (Å²) in [4.78, 5) is 0. The predicted molar refractivity (Wildman–Crippen MR) is 93.9 cm³/mol. The summed E-state index contributed by atoms with van der Waals surface area (Å²) >= 11 is 0. The maximum absolute atomic E-state index is 3.82. The zero-order valence-electron chi connectivity index (χ0n) is 12.2. The summed E-state index contributed by atoms with van der Waals surface area (Å²) in [6.07, 6.45) is 6.71. The molecule has 22 heavy (non-hydrogen) atoms. The molecule has 1 aliphatic carbocycles. The van der Waals surface area contributed by atoms with Gasteiger partial charge in [-0.1, -0.05) is 54.8 Å². The molecule has 0 saturated carbocycles. The number of benzene rings is 2. The van der Waals surface area contributed by atoms with Gasteiger partial charge in [0.25, 0.3) is 0 Å². The molecule has 1 heterocycles. The SMILES string of the molecule is C=Cc1ccc(-n2c3c(c4ccccc42)C=CC#CC3)cc1. The second kappa shape index (κ2) is 5.09. The van der Waals surface area contributed by atoms with E-state index in [4.69, 9.17) is 0 Å². The number of hydrogen-bond donors (Lipinski definition) is 0. The maximum Gasteiger partial charge on any atom is 0.0538 e. The van der Waals surface area contributed by atoms with Gasteiger partial charge in [-0.3, -0.25) is 0 Å². The monoisotopic (exact) mass is 281 g/mol. The van der Waals surface area contributed by atoms with Gasteiger partial charge in [0, 0.05) is 22.3 Å². The molecule has 0 unspecified atom stereocenters. The Labute approximate surface area is 130 Å². The number of hydrogen-bond acceptors (Lipinski definition) is 0. The molecule has 0 N–H and O–H groups in total. The van der Waals surface area contributed by atoms with Crippen molar-refractivity contribution in [3.8, 4) is 17.5 Å². The fourth-order valence-electron chi connectivity index (χ4n) is 3.05. The third-order valence-corrected chi connectivity index (χ3v) is 4.09. The summed E-state index contributed by atoms with van der Waals surface area (Å²) in [6.45, 7) is 3.82. The first-order valence-electron chi connectivity index (χ1n) is 7.38. The highest BCUT2D eigenvalue weighted by atomic mass is 15.0. The number of nitrogens with zero attached hydrogens (tertiary/aromatic N) is 1. The molecule has 0 spiro atoms. The van der Waals surface area contributed by atoms with Gasteiger partial charge in [0.2, 0.25) is 0 Å². The summed E-state index contributed by atoms with van der Waals surface area (Å²) in [7, 11) is 0. The van der Waals surface area contributed by atoms with Crippen molar-refractivity contribution >= 4 is 23.1 Å². The highest BCUT2D eigenvalue weighted by Gasteiger charge is 2.16. The van der Waals surface area contributed by atoms with Crippen molar-refractivity contribution in [2.75, 3.05) is 0 Å². The van der Waals surface area contributed by atoms with Crippen LogP contribution in [-0.4, -0.2) is 4.57 Å². The first-order chi connectivity index (χ1) is 10.9. The van der Waals surface area contributed by atoms with Crippen molar-refractivity contribution in [1.29, 1.82) is 0 Å². The van der Waals surface area contributed by atoms with Crippen LogP contribution in [-0.2, 0) is 6.42 Å². The predicted octanol–water partition coefficient (Wildman–Crippen LogP) is 4.85. The largest absolute Gasteiger partial charge is 0.312 e. The lowest BCUT2D eigenvalue weighted by Gasteiger charge is -2.10. The fraction of sp³-hybridized carbons (Fsp3) is 0.0476. The van der Waals surface area contributed by atoms with Crippen molar-refractivity contribution in [3.05, 3.63) is 78.0 Å². The lowest BCUT2D eigenvalue weighted by molar-refractivity contribution is 1.01. The van der Waals surface area contributed by atoms with Crippen LogP contribution in [0, 0.1) is 11.8 Å². The third-order valence-electron chi connectivity index (χ3n) is 4.09. The van der Waals surface area contributed by atoms with E-state index in [1.54, 1.807) is 0 Å². The fourth-order valence-corrected chi connectivity index (χ4v) is 3.05. The Hall–Kier alpha value is -2.98. The molecule has 1 aromatic heterocycles. The van der Waals surface area contributed by atoms with Gasteiger partial charge < -0.3 is 4.57 Å². The molecule has 1 heteroatoms. The summed E-state index contributed by atoms with van der Waals surface area (Å²) < 4.78 is 2.32. The minimum atomic E-state index is 0.764. The van der Waals surface area contributed by atoms with Crippen LogP contribution in [0.2, 0.25) is 0 Å². The molecule has 0 radical (unpaired) electrons. The average Bonchev–Trinajstić information content (AvgIpc) is 2.72. The standard InChI is InChI=1S/C21H15N/c1-2-16-12-14-17(15-13-16)22-20-10-5-3-4-8-18(20)19-9-6-7-11-21(19)22/h2,4,6-9,11-15H,1,10H2. The molecule has 104 valence electrons. The Bertz CT molecular complexity index is 957. The first kappa shape index (κ1) is 12.7. The highest BCUT2D eigenvalue weighted by Crippen LogP contribution is 2.31. The highest BCUT2D eigenvalue weighted by molar-refractivity contribution is 5.93. The zero-order chi connectivity index (χ0) is 14.9. The second-order valence-corrected chi connectivity index (χ2v) is 5.34. The number of fused-ring (bicyclic) bond motifs is 3. The van der Waals surface area contributed by atoms with Gasteiger partial charge in [-0.15, -0.1) is 0 Å². The van der Waals surface area contributed by atoms with Crippen LogP contribution in [0.4, 0.5) is 0 Å². The van der Waals surface area contributed by atoms with Crippen molar-refractivity contribution in [3.63, 3.8) is 0 Å². The minimum absolute atomic E-state index is 0.764. The second-order valence-electron chi connectivity index (χ2n) is 5.34. The van der Waals surface area contributed by atoms with E-state index >= 15 is 0 Å². The van der Waals surface area contributed by atoms with Crippen LogP contribution in [0.15, 0.2) is 61.2 Å². The molecule has 4 rings (SSSR count). The van der Waals surface area contributed by atoms with Crippen LogP contribution < -0.4 is 0 Å². The Morgan fingerprint density at radius 3 is 2.68 bits per heavy atom. The Balaban J connectivity index is 2.04. The smallest absolute Gasteiger partial charge is 0.0538 e. The van der Waals surface area contributed by atoms with Crippen LogP contribution in [0.25, 0.3) is 28.7 Å². The lowest BCUT2D eigenvalue weighted by atomic mass is 10.1. The Morgan fingerprint density at radius 1 is 1.05 bits per heavy atom. The molecule has 0 fully saturated rings. The van der Waals surface area contributed by atoms with Gasteiger partial charge in [-0.25, -0.2) is 0 Å². The zero-order valence-corrected chi connectivity index (χ0v) is 12.2. The molecule has 0 saturated heterocycles. The van der Waals surface area contributed by atoms with Gasteiger partial charge >= 0.3 is 0 Å². The summed E-state index contributed by atoms with van der Waals surface area (Å²) in [5.74, 6) is 6.31. The van der Waals surface area contributed by atoms with Crippen LogP contribution >= 0.6 is 0 Å². The molecular weight excluding hydrogens is 266 g/mol. The van der Waals surface area contributed by atoms with E-state index in [1.165, 1.54) is 27.8 Å². The van der Waals surface area contributed by atoms with Crippen LogP contribution in [0.3, 0.4) is 0 Å². The van der Waals surface area contributed by atoms with E-state index < -0.39 is 0 Å². The van der Waals surface area contributed by atoms with Gasteiger partial charge in [0.15, 0.2) is 0 Å². The average molecular weight is 281 g/mol. The van der Waals surface area contributed by atoms with E-state index in [0.717, 1.165) is 12.0 Å². The quantitative estimate of drug-likeness (QED) is 0.592. The maximum atomic E-state index is 3.82. The van der Waals surface area contributed by atoms with E-state index in [-0.39, 0.29) is 0 Å². The number of para-hydroxylation sites is 1. The number of aromatic nitrogens is 1. The van der Waals surface area contributed by atoms with E-state index in [0.29, 0.717) is 0 Å². The van der Waals surface area contributed by atoms with Crippen molar-refractivity contribution < 1.29 is 0 Å². The van der Waals surface area contributed by atoms with E-state index in [1.807, 2.05) is 12.2 Å². The van der Waals surface area contributed by atoms with E-state index in [2.05, 4.69) is 77.6 Å². The molecule has 3 aromatic rings. The summed E-state index contributed by atoms with van der Waals surface area (Å²) in [6, 6.07) is 17.0. The molecule has 1 nitrogen and oxygen atoms in total. The lowest BCUT2D eigenvalue weighted by Crippen LogP contribution is -2.00. The Morgan fingerprint density at radius 2 is 1.86 bits per heavy atom. The molecule has 0 amide bonds. The van der Waals surface area contributed by atoms with Crippen LogP contribution in [0.1, 0.15) is 16.8 Å². The Kier molecular flexibility index (Phi) is 2.95. The normalized spacial score (nSPS) is 12.4. The molecule has 0 aliphatic heterocycles. The molecule has 0 bridgehead atoms. The van der Waals surface area contributed by atoms with Crippen LogP contribution in [0.5, 0.6) is 0 Å². The number of rotatable bonds is 2. The molecule has 1 aliphatic rings. The van der Waals surface area contributed by atoms with Crippen molar-refractivity contribution in [1.82, 2.24) is 4.57 Å². The van der Waals surface area contributed by atoms with Gasteiger partial charge in [-0.05, 0) is 35.9 Å². The number of allylic oxidation sites excluding steroid dienone is 1. The summed E-state index contributed by atoms with van der Waals surface area (Å²) in [5.41, 5.74) is 6.05. The van der Waals surface area contributed by atoms with Gasteiger partial charge in [0.05, 0.1) is 11.9 Å². The molecular formula is C21H15N. The van der Waals surface area contributed by atoms with Gasteiger partial charge in [-0.2, -0.15) is 0 Å². The van der Waals surface area contributed by atoms with E-state index in [9.17, 15) is 0 Å². The minimum Gasteiger partial charge on any atom is -0.312 e. The molecule has 0 atom stereocenters.